The number of nitrogens with zero attached hydrogens (tertiary/aromatic N) is 3. The Kier molecular flexibility index (Phi) is 4.67. The van der Waals surface area contributed by atoms with E-state index in [4.69, 9.17) is 18.0 Å². The summed E-state index contributed by atoms with van der Waals surface area (Å²) >= 11 is 5.08. The third-order valence-electron chi connectivity index (χ3n) is 3.86. The van der Waals surface area contributed by atoms with Gasteiger partial charge in [0.2, 0.25) is 0 Å². The lowest BCUT2D eigenvalue weighted by Gasteiger charge is -2.23. The van der Waals surface area contributed by atoms with E-state index < -0.39 is 0 Å². The van der Waals surface area contributed by atoms with E-state index in [-0.39, 0.29) is 11.0 Å². The second-order valence-corrected chi connectivity index (χ2v) is 6.25. The predicted octanol–water partition coefficient (Wildman–Crippen LogP) is 2.34. The van der Waals surface area contributed by atoms with E-state index in [2.05, 4.69) is 10.4 Å². The van der Waals surface area contributed by atoms with Crippen LogP contribution in [0.5, 0.6) is 0 Å². The summed E-state index contributed by atoms with van der Waals surface area (Å²) < 4.78 is 1.76. The summed E-state index contributed by atoms with van der Waals surface area (Å²) in [7, 11) is 0. The van der Waals surface area contributed by atoms with Gasteiger partial charge in [-0.1, -0.05) is 30.3 Å². The minimum absolute atomic E-state index is 0.0968. The molecule has 3 aromatic rings. The fraction of sp³-hybridized carbons (Fsp3) is 0.167. The molecule has 0 aliphatic carbocycles. The first-order chi connectivity index (χ1) is 12.0. The minimum Gasteiger partial charge on any atom is -0.375 e. The number of fused-ring (bicyclic) bond motifs is 1. The highest BCUT2D eigenvalue weighted by Gasteiger charge is 2.19. The van der Waals surface area contributed by atoms with E-state index in [1.807, 2.05) is 55.6 Å². The number of pyridine rings is 1. The number of thiocarbonyl (C=S) groups is 1. The Labute approximate surface area is 151 Å². The third kappa shape index (κ3) is 3.61. The molecule has 2 heterocycles. The van der Waals surface area contributed by atoms with Gasteiger partial charge in [-0.05, 0) is 49.3 Å². The van der Waals surface area contributed by atoms with Crippen LogP contribution in [0.3, 0.4) is 0 Å². The summed E-state index contributed by atoms with van der Waals surface area (Å²) in [6.07, 6.45) is 1.84. The zero-order valence-electron chi connectivity index (χ0n) is 14.1. The number of aryl methyl sites for hydroxylation is 2. The highest BCUT2D eigenvalue weighted by molar-refractivity contribution is 7.80. The quantitative estimate of drug-likeness (QED) is 0.558. The van der Waals surface area contributed by atoms with Crippen molar-refractivity contribution < 1.29 is 4.79 Å². The number of benzene rings is 1. The Hall–Kier alpha value is -2.93. The summed E-state index contributed by atoms with van der Waals surface area (Å²) in [4.78, 5) is 17.3. The fourth-order valence-electron chi connectivity index (χ4n) is 2.65. The van der Waals surface area contributed by atoms with Crippen LogP contribution < -0.4 is 11.2 Å². The van der Waals surface area contributed by atoms with E-state index in [1.54, 1.807) is 11.3 Å². The van der Waals surface area contributed by atoms with E-state index in [1.165, 1.54) is 5.01 Å². The zero-order valence-corrected chi connectivity index (χ0v) is 14.9. The Morgan fingerprint density at radius 2 is 2.00 bits per heavy atom. The van der Waals surface area contributed by atoms with Crippen LogP contribution in [0, 0.1) is 13.8 Å². The lowest BCUT2D eigenvalue weighted by atomic mass is 10.2. The molecule has 1 aromatic carbocycles. The molecule has 0 saturated carbocycles. The molecule has 3 rings (SSSR count). The van der Waals surface area contributed by atoms with Gasteiger partial charge in [0.1, 0.15) is 11.3 Å². The van der Waals surface area contributed by atoms with E-state index in [9.17, 15) is 4.79 Å². The van der Waals surface area contributed by atoms with Gasteiger partial charge in [0.05, 0.1) is 12.2 Å². The number of carbonyl (C=O) groups excluding carboxylic acids is 1. The molecule has 0 aliphatic rings. The average molecular weight is 353 g/mol. The van der Waals surface area contributed by atoms with Crippen LogP contribution in [-0.2, 0) is 6.54 Å². The highest BCUT2D eigenvalue weighted by atomic mass is 32.1. The van der Waals surface area contributed by atoms with Gasteiger partial charge >= 0.3 is 0 Å². The number of hydrogen-bond acceptors (Lipinski definition) is 3. The number of hydrogen-bond donors (Lipinski definition) is 2. The average Bonchev–Trinajstić information content (AvgIpc) is 2.89. The maximum absolute atomic E-state index is 12.8. The molecule has 128 valence electrons. The third-order valence-corrected chi connectivity index (χ3v) is 4.08. The molecule has 0 spiro atoms. The van der Waals surface area contributed by atoms with Crippen LogP contribution >= 0.6 is 12.2 Å². The number of aromatic nitrogens is 2. The van der Waals surface area contributed by atoms with Gasteiger partial charge in [0.25, 0.3) is 5.91 Å². The molecule has 6 nitrogen and oxygen atoms in total. The second kappa shape index (κ2) is 6.90. The zero-order chi connectivity index (χ0) is 18.0. The topological polar surface area (TPSA) is 75.7 Å². The van der Waals surface area contributed by atoms with Crippen molar-refractivity contribution in [1.82, 2.24) is 19.8 Å². The summed E-state index contributed by atoms with van der Waals surface area (Å²) in [6, 6.07) is 13.5. The maximum Gasteiger partial charge on any atom is 0.288 e. The van der Waals surface area contributed by atoms with Crippen LogP contribution in [-0.4, -0.2) is 25.4 Å². The van der Waals surface area contributed by atoms with Crippen molar-refractivity contribution in [2.45, 2.75) is 20.4 Å². The van der Waals surface area contributed by atoms with E-state index in [0.717, 1.165) is 16.8 Å². The fourth-order valence-corrected chi connectivity index (χ4v) is 2.76. The number of amides is 1. The molecule has 0 aliphatic heterocycles. The number of imidazole rings is 1. The Morgan fingerprint density at radius 3 is 2.68 bits per heavy atom. The smallest absolute Gasteiger partial charge is 0.288 e. The summed E-state index contributed by atoms with van der Waals surface area (Å²) in [5.74, 6) is -0.308. The van der Waals surface area contributed by atoms with Gasteiger partial charge in [0.15, 0.2) is 5.11 Å². The maximum atomic E-state index is 12.8. The molecule has 0 atom stereocenters. The lowest BCUT2D eigenvalue weighted by Crippen LogP contribution is -2.48. The highest BCUT2D eigenvalue weighted by Crippen LogP contribution is 2.14. The number of nitrogens with two attached hydrogens (primary N) is 1. The first-order valence-corrected chi connectivity index (χ1v) is 8.23. The number of carbonyl (C=O) groups is 1. The molecule has 25 heavy (non-hydrogen) atoms. The van der Waals surface area contributed by atoms with Gasteiger partial charge in [-0.3, -0.25) is 19.6 Å². The van der Waals surface area contributed by atoms with Crippen molar-refractivity contribution in [2.24, 2.45) is 5.73 Å². The molecule has 2 aromatic heterocycles. The van der Waals surface area contributed by atoms with Crippen LogP contribution in [0.1, 0.15) is 27.3 Å². The Morgan fingerprint density at radius 1 is 1.28 bits per heavy atom. The SMILES string of the molecule is Cc1ccn2c(C(=O)NN(Cc3ccccc3)C(N)=S)c(C)nc2c1. The van der Waals surface area contributed by atoms with Crippen molar-refractivity contribution in [3.8, 4) is 0 Å². The summed E-state index contributed by atoms with van der Waals surface area (Å²) in [5, 5.41) is 1.56. The standard InChI is InChI=1S/C18H19N5OS/c1-12-8-9-22-15(10-12)20-13(2)16(22)17(24)21-23(18(19)25)11-14-6-4-3-5-7-14/h3-10H,11H2,1-2H3,(H2,19,25)(H,21,24). The monoisotopic (exact) mass is 353 g/mol. The van der Waals surface area contributed by atoms with Crippen molar-refractivity contribution in [3.63, 3.8) is 0 Å². The molecular weight excluding hydrogens is 334 g/mol. The number of nitrogens with one attached hydrogen (secondary N) is 1. The molecule has 7 heteroatoms. The Balaban J connectivity index is 1.87. The van der Waals surface area contributed by atoms with Crippen molar-refractivity contribution in [2.75, 3.05) is 0 Å². The van der Waals surface area contributed by atoms with Gasteiger partial charge in [-0.15, -0.1) is 0 Å². The molecule has 0 bridgehead atoms. The van der Waals surface area contributed by atoms with Crippen LogP contribution in [0.4, 0.5) is 0 Å². The van der Waals surface area contributed by atoms with Crippen LogP contribution in [0.15, 0.2) is 48.7 Å². The minimum atomic E-state index is -0.308. The van der Waals surface area contributed by atoms with E-state index >= 15 is 0 Å². The molecule has 0 saturated heterocycles. The number of hydrazine groups is 1. The summed E-state index contributed by atoms with van der Waals surface area (Å²) in [6.45, 7) is 4.18. The molecular formula is C18H19N5OS. The normalized spacial score (nSPS) is 10.6. The molecule has 0 unspecified atom stereocenters. The molecule has 1 amide bonds. The van der Waals surface area contributed by atoms with Crippen molar-refractivity contribution in [3.05, 3.63) is 71.2 Å². The van der Waals surface area contributed by atoms with Crippen LogP contribution in [0.2, 0.25) is 0 Å². The van der Waals surface area contributed by atoms with Crippen molar-refractivity contribution in [1.29, 1.82) is 0 Å². The summed E-state index contributed by atoms with van der Waals surface area (Å²) in [5.41, 5.74) is 12.5. The van der Waals surface area contributed by atoms with E-state index in [0.29, 0.717) is 17.9 Å². The van der Waals surface area contributed by atoms with Crippen LogP contribution in [0.25, 0.3) is 5.65 Å². The molecule has 0 fully saturated rings. The second-order valence-electron chi connectivity index (χ2n) is 5.83. The predicted molar refractivity (Wildman–Crippen MR) is 101 cm³/mol. The van der Waals surface area contributed by atoms with Crippen molar-refractivity contribution >= 4 is 28.9 Å². The largest absolute Gasteiger partial charge is 0.375 e. The van der Waals surface area contributed by atoms with Gasteiger partial charge in [-0.25, -0.2) is 4.98 Å². The lowest BCUT2D eigenvalue weighted by molar-refractivity contribution is 0.0859. The number of rotatable bonds is 3. The molecule has 0 radical (unpaired) electrons. The first-order valence-electron chi connectivity index (χ1n) is 7.83. The van der Waals surface area contributed by atoms with Gasteiger partial charge in [-0.2, -0.15) is 0 Å². The van der Waals surface area contributed by atoms with Gasteiger partial charge < -0.3 is 5.73 Å². The first kappa shape index (κ1) is 16.9. The molecule has 3 N–H and O–H groups in total. The van der Waals surface area contributed by atoms with Gasteiger partial charge in [0, 0.05) is 6.20 Å². The Bertz CT molecular complexity index is 935.